The number of likely N-dealkylation sites (N-methyl/N-ethyl adjacent to an activating group) is 1. The van der Waals surface area contributed by atoms with Crippen LogP contribution in [0.3, 0.4) is 0 Å². The maximum absolute atomic E-state index is 13.3. The minimum atomic E-state index is -1.12. The molecule has 0 aliphatic rings. The monoisotopic (exact) mass is 320 g/mol. The Kier molecular flexibility index (Phi) is 4.60. The molecule has 0 heterocycles. The van der Waals surface area contributed by atoms with Gasteiger partial charge in [-0.25, -0.2) is 4.39 Å². The fourth-order valence-electron chi connectivity index (χ4n) is 1.46. The summed E-state index contributed by atoms with van der Waals surface area (Å²) >= 11 is 2.92. The number of carbonyl (C=O) groups is 1. The van der Waals surface area contributed by atoms with E-state index in [0.29, 0.717) is 0 Å². The van der Waals surface area contributed by atoms with Crippen LogP contribution in [-0.4, -0.2) is 29.1 Å². The number of nitro benzene ring substituents is 1. The lowest BCUT2D eigenvalue weighted by atomic mass is 10.2. The van der Waals surface area contributed by atoms with Crippen molar-refractivity contribution in [2.24, 2.45) is 0 Å². The molecule has 1 aromatic rings. The topological polar surface area (TPSA) is 83.7 Å². The maximum Gasteiger partial charge on any atom is 0.323 e. The molecule has 0 atom stereocenters. The summed E-state index contributed by atoms with van der Waals surface area (Å²) in [5.41, 5.74) is -0.392. The van der Waals surface area contributed by atoms with E-state index in [9.17, 15) is 19.3 Å². The van der Waals surface area contributed by atoms with Gasteiger partial charge in [0.15, 0.2) is 0 Å². The lowest BCUT2D eigenvalue weighted by Crippen LogP contribution is -2.30. The van der Waals surface area contributed by atoms with Crippen molar-refractivity contribution in [1.29, 1.82) is 0 Å². The van der Waals surface area contributed by atoms with Crippen LogP contribution >= 0.6 is 15.9 Å². The van der Waals surface area contributed by atoms with Gasteiger partial charge in [-0.2, -0.15) is 0 Å². The molecule has 0 amide bonds. The Labute approximate surface area is 110 Å². The van der Waals surface area contributed by atoms with Crippen molar-refractivity contribution >= 4 is 33.3 Å². The Morgan fingerprint density at radius 3 is 2.67 bits per heavy atom. The van der Waals surface area contributed by atoms with Gasteiger partial charge in [0.05, 0.1) is 15.5 Å². The van der Waals surface area contributed by atoms with Crippen LogP contribution in [0.2, 0.25) is 0 Å². The number of benzene rings is 1. The maximum atomic E-state index is 13.3. The summed E-state index contributed by atoms with van der Waals surface area (Å²) < 4.78 is 13.3. The van der Waals surface area contributed by atoms with Crippen LogP contribution in [0.5, 0.6) is 0 Å². The van der Waals surface area contributed by atoms with Crippen LogP contribution in [0.1, 0.15) is 6.92 Å². The highest BCUT2D eigenvalue weighted by molar-refractivity contribution is 9.10. The summed E-state index contributed by atoms with van der Waals surface area (Å²) in [4.78, 5) is 22.1. The van der Waals surface area contributed by atoms with Gasteiger partial charge in [-0.1, -0.05) is 0 Å². The number of anilines is 1. The predicted octanol–water partition coefficient (Wildman–Crippen LogP) is 2.41. The SMILES string of the molecule is CCN(CC(=O)O)c1cc(Br)c(F)cc1[N+](=O)[O-]. The smallest absolute Gasteiger partial charge is 0.323 e. The average Bonchev–Trinajstić information content (AvgIpc) is 2.28. The summed E-state index contributed by atoms with van der Waals surface area (Å²) in [5, 5.41) is 19.6. The molecule has 0 saturated heterocycles. The van der Waals surface area contributed by atoms with Crippen molar-refractivity contribution < 1.29 is 19.2 Å². The molecule has 0 radical (unpaired) electrons. The first kappa shape index (κ1) is 14.4. The van der Waals surface area contributed by atoms with Crippen LogP contribution in [0.4, 0.5) is 15.8 Å². The van der Waals surface area contributed by atoms with E-state index in [1.54, 1.807) is 6.92 Å². The average molecular weight is 321 g/mol. The van der Waals surface area contributed by atoms with E-state index in [0.717, 1.165) is 6.07 Å². The second-order valence-electron chi connectivity index (χ2n) is 3.42. The number of aliphatic carboxylic acids is 1. The van der Waals surface area contributed by atoms with Crippen molar-refractivity contribution in [3.8, 4) is 0 Å². The van der Waals surface area contributed by atoms with Gasteiger partial charge in [-0.05, 0) is 28.9 Å². The third kappa shape index (κ3) is 3.16. The summed E-state index contributed by atoms with van der Waals surface area (Å²) in [5.74, 6) is -1.89. The normalized spacial score (nSPS) is 10.2. The molecule has 8 heteroatoms. The summed E-state index contributed by atoms with van der Waals surface area (Å²) in [7, 11) is 0. The van der Waals surface area contributed by atoms with Crippen LogP contribution in [0.15, 0.2) is 16.6 Å². The van der Waals surface area contributed by atoms with Gasteiger partial charge in [-0.15, -0.1) is 0 Å². The van der Waals surface area contributed by atoms with Gasteiger partial charge < -0.3 is 10.0 Å². The van der Waals surface area contributed by atoms with Crippen LogP contribution in [0.25, 0.3) is 0 Å². The number of nitro groups is 1. The first-order valence-corrected chi connectivity index (χ1v) is 5.76. The van der Waals surface area contributed by atoms with E-state index in [1.165, 1.54) is 11.0 Å². The minimum absolute atomic E-state index is 0.0481. The zero-order valence-electron chi connectivity index (χ0n) is 9.39. The molecule has 0 spiro atoms. The Hall–Kier alpha value is -1.70. The molecule has 18 heavy (non-hydrogen) atoms. The molecule has 0 fully saturated rings. The lowest BCUT2D eigenvalue weighted by Gasteiger charge is -2.20. The molecule has 98 valence electrons. The number of rotatable bonds is 5. The fourth-order valence-corrected chi connectivity index (χ4v) is 1.79. The highest BCUT2D eigenvalue weighted by atomic mass is 79.9. The highest BCUT2D eigenvalue weighted by Crippen LogP contribution is 2.33. The lowest BCUT2D eigenvalue weighted by molar-refractivity contribution is -0.384. The van der Waals surface area contributed by atoms with E-state index >= 15 is 0 Å². The zero-order chi connectivity index (χ0) is 13.9. The number of carboxylic acid groups (broad SMARTS) is 1. The van der Waals surface area contributed by atoms with Crippen LogP contribution in [0, 0.1) is 15.9 Å². The van der Waals surface area contributed by atoms with Crippen molar-refractivity contribution in [3.05, 3.63) is 32.5 Å². The summed E-state index contributed by atoms with van der Waals surface area (Å²) in [6.45, 7) is 1.52. The summed E-state index contributed by atoms with van der Waals surface area (Å²) in [6, 6.07) is 1.98. The number of hydrogen-bond donors (Lipinski definition) is 1. The van der Waals surface area contributed by atoms with Gasteiger partial charge in [0.2, 0.25) is 0 Å². The second-order valence-corrected chi connectivity index (χ2v) is 4.27. The van der Waals surface area contributed by atoms with Crippen molar-refractivity contribution in [2.45, 2.75) is 6.92 Å². The Morgan fingerprint density at radius 2 is 2.22 bits per heavy atom. The standard InChI is InChI=1S/C10H10BrFN2O4/c1-2-13(5-10(15)16)8-3-6(11)7(12)4-9(8)14(17)18/h3-4H,2,5H2,1H3,(H,15,16). The number of hydrogen-bond acceptors (Lipinski definition) is 4. The third-order valence-electron chi connectivity index (χ3n) is 2.26. The molecule has 0 aliphatic carbocycles. The molecule has 0 unspecified atom stereocenters. The van der Waals surface area contributed by atoms with E-state index < -0.39 is 28.9 Å². The fraction of sp³-hybridized carbons (Fsp3) is 0.300. The first-order valence-electron chi connectivity index (χ1n) is 4.97. The van der Waals surface area contributed by atoms with Gasteiger partial charge >= 0.3 is 5.97 Å². The number of halogens is 2. The highest BCUT2D eigenvalue weighted by Gasteiger charge is 2.22. The number of carboxylic acids is 1. The van der Waals surface area contributed by atoms with Crippen molar-refractivity contribution in [1.82, 2.24) is 0 Å². The Bertz CT molecular complexity index is 495. The van der Waals surface area contributed by atoms with Gasteiger partial charge in [0, 0.05) is 6.54 Å². The summed E-state index contributed by atoms with van der Waals surface area (Å²) in [6.07, 6.45) is 0. The van der Waals surface area contributed by atoms with Gasteiger partial charge in [0.25, 0.3) is 5.69 Å². The molecule has 0 saturated carbocycles. The molecule has 6 nitrogen and oxygen atoms in total. The van der Waals surface area contributed by atoms with Crippen molar-refractivity contribution in [3.63, 3.8) is 0 Å². The first-order chi connectivity index (χ1) is 8.36. The minimum Gasteiger partial charge on any atom is -0.480 e. The molecular weight excluding hydrogens is 311 g/mol. The molecule has 0 aliphatic heterocycles. The molecule has 1 rings (SSSR count). The Morgan fingerprint density at radius 1 is 1.61 bits per heavy atom. The van der Waals surface area contributed by atoms with Gasteiger partial charge in [0.1, 0.15) is 18.0 Å². The van der Waals surface area contributed by atoms with E-state index in [-0.39, 0.29) is 16.7 Å². The quantitative estimate of drug-likeness (QED) is 0.665. The molecule has 0 aromatic heterocycles. The third-order valence-corrected chi connectivity index (χ3v) is 2.87. The Balaban J connectivity index is 3.31. The predicted molar refractivity (Wildman–Crippen MR) is 66.3 cm³/mol. The van der Waals surface area contributed by atoms with Gasteiger partial charge in [-0.3, -0.25) is 14.9 Å². The molecule has 0 bridgehead atoms. The van der Waals surface area contributed by atoms with Crippen molar-refractivity contribution in [2.75, 3.05) is 18.0 Å². The van der Waals surface area contributed by atoms with E-state index in [1.807, 2.05) is 0 Å². The largest absolute Gasteiger partial charge is 0.480 e. The number of nitrogens with zero attached hydrogens (tertiary/aromatic N) is 2. The molecule has 1 N–H and O–H groups in total. The second kappa shape index (κ2) is 5.76. The molecule has 1 aromatic carbocycles. The molecular formula is C10H10BrFN2O4. The van der Waals surface area contributed by atoms with E-state index in [2.05, 4.69) is 15.9 Å². The van der Waals surface area contributed by atoms with E-state index in [4.69, 9.17) is 5.11 Å². The zero-order valence-corrected chi connectivity index (χ0v) is 11.0. The van der Waals surface area contributed by atoms with Crippen LogP contribution in [-0.2, 0) is 4.79 Å². The van der Waals surface area contributed by atoms with Crippen LogP contribution < -0.4 is 4.90 Å².